The summed E-state index contributed by atoms with van der Waals surface area (Å²) in [5.41, 5.74) is 6.18. The number of aromatic nitrogens is 2. The Balaban J connectivity index is 0.000000310. The van der Waals surface area contributed by atoms with Crippen molar-refractivity contribution in [3.8, 4) is 23.2 Å². The number of halogens is 4. The van der Waals surface area contributed by atoms with Crippen molar-refractivity contribution < 1.29 is 23.0 Å². The van der Waals surface area contributed by atoms with Gasteiger partial charge >= 0.3 is 6.01 Å². The summed E-state index contributed by atoms with van der Waals surface area (Å²) in [6, 6.07) is 6.69. The lowest BCUT2D eigenvalue weighted by Crippen LogP contribution is -2.45. The first-order valence-electron chi connectivity index (χ1n) is 14.0. The van der Waals surface area contributed by atoms with E-state index in [0.717, 1.165) is 24.3 Å². The van der Waals surface area contributed by atoms with Crippen molar-refractivity contribution in [2.24, 2.45) is 0 Å². The normalized spacial score (nSPS) is 23.0. The van der Waals surface area contributed by atoms with Crippen LogP contribution in [0, 0.1) is 23.0 Å². The Bertz CT molecular complexity index is 1750. The van der Waals surface area contributed by atoms with Gasteiger partial charge in [-0.25, -0.2) is 13.2 Å². The minimum atomic E-state index is -0.756. The molecular weight excluding hydrogens is 601 g/mol. The molecule has 3 aliphatic rings. The van der Waals surface area contributed by atoms with E-state index < -0.39 is 17.8 Å². The fourth-order valence-corrected chi connectivity index (χ4v) is 7.59. The van der Waals surface area contributed by atoms with Crippen molar-refractivity contribution in [1.29, 1.82) is 5.26 Å². The van der Waals surface area contributed by atoms with Gasteiger partial charge in [0, 0.05) is 42.0 Å². The van der Waals surface area contributed by atoms with Crippen LogP contribution in [0.2, 0.25) is 5.02 Å². The van der Waals surface area contributed by atoms with Crippen LogP contribution in [0.15, 0.2) is 18.2 Å². The van der Waals surface area contributed by atoms with E-state index >= 15 is 4.39 Å². The molecule has 0 radical (unpaired) electrons. The standard InChI is InChI=1S/C23H18ClF2N5O2S.C7H12FN/c1-31(9-5-10(32)6-9)22-12-7-14(24)17(18(26)19(12)29-23(30-22)33-2)11-3-4-15(25)20-16(11)13(8-27)21(28)34-20;8-6-4-7-2-1-3-9(7)5-6/h3-4,7,9-10,32H,5-6,28H2,1-2H3;6-7H,1-5H2. The molecule has 0 bridgehead atoms. The number of thiophene rings is 1. The number of hydrogen-bond donors (Lipinski definition) is 2. The number of aliphatic hydroxyl groups excluding tert-OH is 1. The highest BCUT2D eigenvalue weighted by Gasteiger charge is 2.35. The molecule has 0 amide bonds. The zero-order chi connectivity index (χ0) is 30.6. The molecule has 13 heteroatoms. The van der Waals surface area contributed by atoms with Crippen LogP contribution in [0.4, 0.5) is 24.0 Å². The number of benzene rings is 2. The summed E-state index contributed by atoms with van der Waals surface area (Å²) in [6.45, 7) is 1.86. The molecule has 7 rings (SSSR count). The molecule has 1 saturated carbocycles. The van der Waals surface area contributed by atoms with Crippen molar-refractivity contribution in [3.63, 3.8) is 0 Å². The molecular formula is C30H30ClF3N6O2S. The minimum Gasteiger partial charge on any atom is -0.467 e. The van der Waals surface area contributed by atoms with Crippen LogP contribution in [-0.2, 0) is 0 Å². The van der Waals surface area contributed by atoms with E-state index in [2.05, 4.69) is 14.9 Å². The van der Waals surface area contributed by atoms with Crippen LogP contribution in [0.5, 0.6) is 6.01 Å². The number of nitriles is 1. The van der Waals surface area contributed by atoms with Gasteiger partial charge in [-0.1, -0.05) is 17.7 Å². The van der Waals surface area contributed by atoms with E-state index in [0.29, 0.717) is 36.6 Å². The zero-order valence-electron chi connectivity index (χ0n) is 23.6. The fourth-order valence-electron chi connectivity index (χ4n) is 6.35. The second kappa shape index (κ2) is 11.6. The highest BCUT2D eigenvalue weighted by atomic mass is 35.5. The maximum atomic E-state index is 16.1. The molecule has 43 heavy (non-hydrogen) atoms. The van der Waals surface area contributed by atoms with E-state index in [1.54, 1.807) is 13.1 Å². The van der Waals surface area contributed by atoms with E-state index in [4.69, 9.17) is 22.1 Å². The van der Waals surface area contributed by atoms with Crippen molar-refractivity contribution >= 4 is 54.7 Å². The van der Waals surface area contributed by atoms with E-state index in [1.165, 1.54) is 32.1 Å². The Labute approximate surface area is 255 Å². The summed E-state index contributed by atoms with van der Waals surface area (Å²) in [4.78, 5) is 12.8. The van der Waals surface area contributed by atoms with Gasteiger partial charge in [0.1, 0.15) is 34.4 Å². The van der Waals surface area contributed by atoms with Crippen molar-refractivity contribution in [2.75, 3.05) is 37.9 Å². The number of ether oxygens (including phenoxy) is 1. The van der Waals surface area contributed by atoms with E-state index in [9.17, 15) is 19.1 Å². The van der Waals surface area contributed by atoms with Gasteiger partial charge in [-0.15, -0.1) is 11.3 Å². The lowest BCUT2D eigenvalue weighted by Gasteiger charge is -2.39. The third-order valence-electron chi connectivity index (χ3n) is 8.65. The molecule has 0 spiro atoms. The zero-order valence-corrected chi connectivity index (χ0v) is 25.2. The Hall–Kier alpha value is -3.37. The highest BCUT2D eigenvalue weighted by molar-refractivity contribution is 7.23. The quantitative estimate of drug-likeness (QED) is 0.280. The number of nitrogens with two attached hydrogens (primary N) is 1. The lowest BCUT2D eigenvalue weighted by atomic mass is 9.88. The summed E-state index contributed by atoms with van der Waals surface area (Å²) in [6.07, 6.45) is 3.54. The van der Waals surface area contributed by atoms with Crippen molar-refractivity contribution in [1.82, 2.24) is 14.9 Å². The average Bonchev–Trinajstić information content (AvgIpc) is 3.65. The predicted octanol–water partition coefficient (Wildman–Crippen LogP) is 6.06. The largest absolute Gasteiger partial charge is 0.467 e. The number of hydrogen-bond acceptors (Lipinski definition) is 9. The second-order valence-corrected chi connectivity index (χ2v) is 12.7. The number of nitrogen functional groups attached to an aromatic ring is 1. The minimum absolute atomic E-state index is 0.0167. The SMILES string of the molecule is COc1nc(N(C)C2CC(O)C2)c2cc(Cl)c(-c3ccc(F)c4sc(N)c(C#N)c34)c(F)c2n1.FC1CC2CCCN2C1. The number of fused-ring (bicyclic) bond motifs is 3. The van der Waals surface area contributed by atoms with Gasteiger partial charge in [-0.3, -0.25) is 4.90 Å². The lowest BCUT2D eigenvalue weighted by molar-refractivity contribution is 0.0749. The monoisotopic (exact) mass is 630 g/mol. The average molecular weight is 631 g/mol. The van der Waals surface area contributed by atoms with Crippen LogP contribution < -0.4 is 15.4 Å². The third-order valence-corrected chi connectivity index (χ3v) is 9.98. The summed E-state index contributed by atoms with van der Waals surface area (Å²) in [5, 5.41) is 20.1. The first-order chi connectivity index (χ1) is 20.6. The highest BCUT2D eigenvalue weighted by Crippen LogP contribution is 2.46. The number of rotatable bonds is 4. The smallest absolute Gasteiger partial charge is 0.318 e. The van der Waals surface area contributed by atoms with Gasteiger partial charge in [0.2, 0.25) is 0 Å². The van der Waals surface area contributed by atoms with Gasteiger partial charge in [0.25, 0.3) is 0 Å². The Kier molecular flexibility index (Phi) is 8.02. The van der Waals surface area contributed by atoms with Crippen molar-refractivity contribution in [3.05, 3.63) is 40.4 Å². The molecule has 3 fully saturated rings. The predicted molar refractivity (Wildman–Crippen MR) is 163 cm³/mol. The number of alkyl halides is 1. The van der Waals surface area contributed by atoms with Gasteiger partial charge in [-0.05, 0) is 56.3 Å². The number of aliphatic hydroxyl groups is 1. The number of anilines is 2. The molecule has 2 aliphatic heterocycles. The number of nitrogens with zero attached hydrogens (tertiary/aromatic N) is 5. The van der Waals surface area contributed by atoms with Crippen LogP contribution in [0.3, 0.4) is 0 Å². The molecule has 226 valence electrons. The summed E-state index contributed by atoms with van der Waals surface area (Å²) < 4.78 is 48.6. The molecule has 1 aliphatic carbocycles. The molecule has 4 heterocycles. The van der Waals surface area contributed by atoms with Gasteiger partial charge < -0.3 is 20.5 Å². The van der Waals surface area contributed by atoms with Crippen LogP contribution >= 0.6 is 22.9 Å². The Morgan fingerprint density at radius 3 is 2.70 bits per heavy atom. The maximum Gasteiger partial charge on any atom is 0.318 e. The molecule has 2 atom stereocenters. The van der Waals surface area contributed by atoms with E-state index in [-0.39, 0.29) is 60.5 Å². The van der Waals surface area contributed by atoms with Gasteiger partial charge in [-0.2, -0.15) is 15.2 Å². The molecule has 8 nitrogen and oxygen atoms in total. The molecule has 3 N–H and O–H groups in total. The summed E-state index contributed by atoms with van der Waals surface area (Å²) in [7, 11) is 3.18. The van der Waals surface area contributed by atoms with Crippen LogP contribution in [0.1, 0.15) is 37.7 Å². The second-order valence-electron chi connectivity index (χ2n) is 11.2. The van der Waals surface area contributed by atoms with Crippen LogP contribution in [0.25, 0.3) is 32.1 Å². The summed E-state index contributed by atoms with van der Waals surface area (Å²) in [5.74, 6) is -0.911. The van der Waals surface area contributed by atoms with Crippen LogP contribution in [-0.4, -0.2) is 71.6 Å². The Morgan fingerprint density at radius 2 is 2.02 bits per heavy atom. The molecule has 2 saturated heterocycles. The fraction of sp³-hybridized carbons (Fsp3) is 0.433. The number of methoxy groups -OCH3 is 1. The molecule has 2 aromatic heterocycles. The van der Waals surface area contributed by atoms with E-state index in [1.807, 2.05) is 11.0 Å². The van der Waals surface area contributed by atoms with Gasteiger partial charge in [0.05, 0.1) is 28.5 Å². The Morgan fingerprint density at radius 1 is 1.26 bits per heavy atom. The first kappa shape index (κ1) is 29.7. The molecule has 2 unspecified atom stereocenters. The molecule has 4 aromatic rings. The van der Waals surface area contributed by atoms with Crippen molar-refractivity contribution in [2.45, 2.75) is 56.5 Å². The summed E-state index contributed by atoms with van der Waals surface area (Å²) >= 11 is 7.52. The maximum absolute atomic E-state index is 16.1. The first-order valence-corrected chi connectivity index (χ1v) is 15.2. The van der Waals surface area contributed by atoms with Gasteiger partial charge in [0.15, 0.2) is 5.82 Å². The topological polar surface area (TPSA) is 112 Å². The molecule has 2 aromatic carbocycles. The third kappa shape index (κ3) is 5.22.